The molecule has 0 aromatic heterocycles. The molecular weight excluding hydrogens is 251 g/mol. The second-order valence-electron chi connectivity index (χ2n) is 5.75. The van der Waals surface area contributed by atoms with Gasteiger partial charge in [-0.2, -0.15) is 0 Å². The van der Waals surface area contributed by atoms with Crippen LogP contribution in [-0.2, 0) is 0 Å². The lowest BCUT2D eigenvalue weighted by atomic mass is 10.0. The molecule has 2 nitrogen and oxygen atoms in total. The lowest BCUT2D eigenvalue weighted by molar-refractivity contribution is 0.209. The molecule has 1 atom stereocenters. The van der Waals surface area contributed by atoms with Gasteiger partial charge in [0.05, 0.1) is 0 Å². The second-order valence-corrected chi connectivity index (χ2v) is 5.75. The second kappa shape index (κ2) is 9.09. The number of hydrogen-bond acceptors (Lipinski definition) is 2. The molecule has 0 amide bonds. The van der Waals surface area contributed by atoms with Crippen LogP contribution in [0.5, 0.6) is 0 Å². The molecule has 0 aliphatic heterocycles. The number of benzene rings is 1. The molecule has 0 fully saturated rings. The van der Waals surface area contributed by atoms with Crippen molar-refractivity contribution >= 4 is 0 Å². The average molecular weight is 280 g/mol. The largest absolute Gasteiger partial charge is 0.324 e. The predicted octanol–water partition coefficient (Wildman–Crippen LogP) is 4.12. The maximum absolute atomic E-state index is 13.7. The summed E-state index contributed by atoms with van der Waals surface area (Å²) in [7, 11) is 0. The summed E-state index contributed by atoms with van der Waals surface area (Å²) in [5.74, 6) is -0.193. The maximum Gasteiger partial charge on any atom is 0.127 e. The van der Waals surface area contributed by atoms with Crippen molar-refractivity contribution in [2.24, 2.45) is 5.73 Å². The van der Waals surface area contributed by atoms with Gasteiger partial charge in [0.15, 0.2) is 0 Å². The molecule has 0 saturated carbocycles. The van der Waals surface area contributed by atoms with Gasteiger partial charge in [0.25, 0.3) is 0 Å². The Hall–Kier alpha value is -0.930. The Kier molecular flexibility index (Phi) is 7.78. The molecule has 0 spiro atoms. The molecule has 20 heavy (non-hydrogen) atoms. The van der Waals surface area contributed by atoms with Crippen LogP contribution in [0.15, 0.2) is 24.3 Å². The molecule has 0 bridgehead atoms. The standard InChI is InChI=1S/C17H29FN2/c1-4-5-8-12-20(14(2)3)13-11-17(19)15-9-6-7-10-16(15)18/h6-7,9-10,14,17H,4-5,8,11-13,19H2,1-3H3. The molecule has 114 valence electrons. The van der Waals surface area contributed by atoms with E-state index in [0.717, 1.165) is 19.5 Å². The lowest BCUT2D eigenvalue weighted by Gasteiger charge is -2.27. The van der Waals surface area contributed by atoms with Crippen molar-refractivity contribution in [2.45, 2.75) is 58.5 Å². The minimum atomic E-state index is -0.219. The van der Waals surface area contributed by atoms with Gasteiger partial charge < -0.3 is 10.6 Å². The van der Waals surface area contributed by atoms with Crippen molar-refractivity contribution in [3.8, 4) is 0 Å². The summed E-state index contributed by atoms with van der Waals surface area (Å²) in [5.41, 5.74) is 6.76. The van der Waals surface area contributed by atoms with Gasteiger partial charge in [0.2, 0.25) is 0 Å². The topological polar surface area (TPSA) is 29.3 Å². The van der Waals surface area contributed by atoms with E-state index in [-0.39, 0.29) is 11.9 Å². The van der Waals surface area contributed by atoms with Crippen LogP contribution < -0.4 is 5.73 Å². The van der Waals surface area contributed by atoms with Gasteiger partial charge in [-0.25, -0.2) is 4.39 Å². The molecule has 0 aliphatic carbocycles. The van der Waals surface area contributed by atoms with Crippen LogP contribution in [0.2, 0.25) is 0 Å². The molecule has 1 unspecified atom stereocenters. The first-order chi connectivity index (χ1) is 9.56. The number of unbranched alkanes of at least 4 members (excludes halogenated alkanes) is 2. The maximum atomic E-state index is 13.7. The summed E-state index contributed by atoms with van der Waals surface area (Å²) >= 11 is 0. The molecule has 0 heterocycles. The van der Waals surface area contributed by atoms with Crippen molar-refractivity contribution in [2.75, 3.05) is 13.1 Å². The van der Waals surface area contributed by atoms with Gasteiger partial charge in [-0.05, 0) is 39.3 Å². The molecule has 2 N–H and O–H groups in total. The van der Waals surface area contributed by atoms with Gasteiger partial charge in [-0.15, -0.1) is 0 Å². The third-order valence-corrected chi connectivity index (χ3v) is 3.81. The Bertz CT molecular complexity index is 379. The summed E-state index contributed by atoms with van der Waals surface area (Å²) in [5, 5.41) is 0. The van der Waals surface area contributed by atoms with Crippen molar-refractivity contribution in [1.82, 2.24) is 4.90 Å². The van der Waals surface area contributed by atoms with Crippen LogP contribution in [0.1, 0.15) is 58.1 Å². The summed E-state index contributed by atoms with van der Waals surface area (Å²) in [6.07, 6.45) is 4.53. The van der Waals surface area contributed by atoms with Gasteiger partial charge in [0, 0.05) is 24.2 Å². The highest BCUT2D eigenvalue weighted by molar-refractivity contribution is 5.20. The van der Waals surface area contributed by atoms with Crippen LogP contribution in [-0.4, -0.2) is 24.0 Å². The van der Waals surface area contributed by atoms with E-state index < -0.39 is 0 Å². The molecular formula is C17H29FN2. The summed E-state index contributed by atoms with van der Waals surface area (Å²) in [4.78, 5) is 2.44. The minimum absolute atomic E-state index is 0.193. The monoisotopic (exact) mass is 280 g/mol. The zero-order valence-electron chi connectivity index (χ0n) is 13.1. The molecule has 1 rings (SSSR count). The fourth-order valence-electron chi connectivity index (χ4n) is 2.43. The number of nitrogens with zero attached hydrogens (tertiary/aromatic N) is 1. The van der Waals surface area contributed by atoms with E-state index >= 15 is 0 Å². The van der Waals surface area contributed by atoms with Crippen molar-refractivity contribution < 1.29 is 4.39 Å². The Labute approximate surface area is 123 Å². The number of halogens is 1. The smallest absolute Gasteiger partial charge is 0.127 e. The summed E-state index contributed by atoms with van der Waals surface area (Å²) < 4.78 is 13.7. The van der Waals surface area contributed by atoms with Crippen LogP contribution in [0.25, 0.3) is 0 Å². The van der Waals surface area contributed by atoms with E-state index in [4.69, 9.17) is 5.73 Å². The molecule has 0 saturated heterocycles. The van der Waals surface area contributed by atoms with Crippen molar-refractivity contribution in [3.63, 3.8) is 0 Å². The number of nitrogens with two attached hydrogens (primary N) is 1. The first kappa shape index (κ1) is 17.1. The first-order valence-corrected chi connectivity index (χ1v) is 7.80. The van der Waals surface area contributed by atoms with Gasteiger partial charge in [0.1, 0.15) is 5.82 Å². The normalized spacial score (nSPS) is 13.2. The third kappa shape index (κ3) is 5.59. The van der Waals surface area contributed by atoms with Gasteiger partial charge in [-0.1, -0.05) is 38.0 Å². The SMILES string of the molecule is CCCCCN(CCC(N)c1ccccc1F)C(C)C. The van der Waals surface area contributed by atoms with E-state index in [2.05, 4.69) is 25.7 Å². The molecule has 0 aliphatic rings. The van der Waals surface area contributed by atoms with Gasteiger partial charge in [-0.3, -0.25) is 0 Å². The van der Waals surface area contributed by atoms with E-state index in [9.17, 15) is 4.39 Å². The van der Waals surface area contributed by atoms with Crippen LogP contribution in [0.3, 0.4) is 0 Å². The minimum Gasteiger partial charge on any atom is -0.324 e. The predicted molar refractivity (Wildman–Crippen MR) is 84.2 cm³/mol. The fraction of sp³-hybridized carbons (Fsp3) is 0.647. The van der Waals surface area contributed by atoms with Crippen molar-refractivity contribution in [3.05, 3.63) is 35.6 Å². The molecule has 0 radical (unpaired) electrons. The summed E-state index contributed by atoms with van der Waals surface area (Å²) in [6.45, 7) is 8.67. The third-order valence-electron chi connectivity index (χ3n) is 3.81. The highest BCUT2D eigenvalue weighted by Crippen LogP contribution is 2.18. The van der Waals surface area contributed by atoms with E-state index in [1.54, 1.807) is 12.1 Å². The molecule has 1 aromatic rings. The zero-order valence-corrected chi connectivity index (χ0v) is 13.1. The summed E-state index contributed by atoms with van der Waals surface area (Å²) in [6, 6.07) is 7.12. The highest BCUT2D eigenvalue weighted by Gasteiger charge is 2.14. The lowest BCUT2D eigenvalue weighted by Crippen LogP contribution is -2.34. The fourth-order valence-corrected chi connectivity index (χ4v) is 2.43. The Balaban J connectivity index is 2.48. The van der Waals surface area contributed by atoms with Crippen LogP contribution >= 0.6 is 0 Å². The Morgan fingerprint density at radius 2 is 1.85 bits per heavy atom. The quantitative estimate of drug-likeness (QED) is 0.690. The Morgan fingerprint density at radius 3 is 2.45 bits per heavy atom. The van der Waals surface area contributed by atoms with E-state index in [1.807, 2.05) is 6.07 Å². The molecule has 3 heteroatoms. The van der Waals surface area contributed by atoms with E-state index in [0.29, 0.717) is 11.6 Å². The zero-order chi connectivity index (χ0) is 15.0. The van der Waals surface area contributed by atoms with Crippen LogP contribution in [0, 0.1) is 5.82 Å². The van der Waals surface area contributed by atoms with Crippen LogP contribution in [0.4, 0.5) is 4.39 Å². The average Bonchev–Trinajstić information content (AvgIpc) is 2.42. The van der Waals surface area contributed by atoms with Crippen molar-refractivity contribution in [1.29, 1.82) is 0 Å². The van der Waals surface area contributed by atoms with E-state index in [1.165, 1.54) is 25.3 Å². The number of hydrogen-bond donors (Lipinski definition) is 1. The highest BCUT2D eigenvalue weighted by atomic mass is 19.1. The van der Waals surface area contributed by atoms with Gasteiger partial charge >= 0.3 is 0 Å². The Morgan fingerprint density at radius 1 is 1.15 bits per heavy atom. The first-order valence-electron chi connectivity index (χ1n) is 7.80. The number of rotatable bonds is 9. The molecule has 1 aromatic carbocycles.